The maximum Gasteiger partial charge on any atom is 0.352 e. The van der Waals surface area contributed by atoms with Crippen LogP contribution in [0.1, 0.15) is 21.7 Å². The molecule has 1 N–H and O–H groups in total. The van der Waals surface area contributed by atoms with Crippen LogP contribution in [0.3, 0.4) is 0 Å². The van der Waals surface area contributed by atoms with Gasteiger partial charge in [-0.3, -0.25) is 0 Å². The van der Waals surface area contributed by atoms with Gasteiger partial charge in [0.2, 0.25) is 0 Å². The molecule has 0 amide bonds. The highest BCUT2D eigenvalue weighted by Gasteiger charge is 2.11. The van der Waals surface area contributed by atoms with Gasteiger partial charge < -0.3 is 9.67 Å². The zero-order chi connectivity index (χ0) is 12.4. The number of aromatic nitrogens is 1. The molecule has 0 saturated heterocycles. The lowest BCUT2D eigenvalue weighted by Gasteiger charge is -2.09. The minimum absolute atomic E-state index is 0.303. The van der Waals surface area contributed by atoms with Crippen molar-refractivity contribution in [3.63, 3.8) is 0 Å². The number of carboxylic acids is 1. The van der Waals surface area contributed by atoms with Crippen LogP contribution in [0.25, 0.3) is 0 Å². The number of halogens is 1. The van der Waals surface area contributed by atoms with Crippen molar-refractivity contribution >= 4 is 17.6 Å². The summed E-state index contributed by atoms with van der Waals surface area (Å²) in [4.78, 5) is 11.0. The van der Waals surface area contributed by atoms with Crippen LogP contribution >= 0.6 is 11.6 Å². The summed E-state index contributed by atoms with van der Waals surface area (Å²) in [6.07, 6.45) is 0. The fourth-order valence-electron chi connectivity index (χ4n) is 1.74. The number of hydrogen-bond acceptors (Lipinski definition) is 1. The van der Waals surface area contributed by atoms with Crippen molar-refractivity contribution < 1.29 is 9.90 Å². The summed E-state index contributed by atoms with van der Waals surface area (Å²) in [5, 5.41) is 9.74. The summed E-state index contributed by atoms with van der Waals surface area (Å²) in [6, 6.07) is 10.8. The summed E-state index contributed by atoms with van der Waals surface area (Å²) >= 11 is 5.81. The first kappa shape index (κ1) is 11.7. The van der Waals surface area contributed by atoms with Gasteiger partial charge in [0.25, 0.3) is 0 Å². The highest BCUT2D eigenvalue weighted by atomic mass is 35.5. The van der Waals surface area contributed by atoms with Gasteiger partial charge in [-0.2, -0.15) is 0 Å². The van der Waals surface area contributed by atoms with E-state index in [-0.39, 0.29) is 0 Å². The Kier molecular flexibility index (Phi) is 3.20. The third-order valence-corrected chi connectivity index (χ3v) is 2.92. The number of carbonyl (C=O) groups is 1. The van der Waals surface area contributed by atoms with E-state index in [2.05, 4.69) is 0 Å². The highest BCUT2D eigenvalue weighted by Crippen LogP contribution is 2.14. The normalized spacial score (nSPS) is 10.5. The van der Waals surface area contributed by atoms with E-state index in [0.717, 1.165) is 11.3 Å². The quantitative estimate of drug-likeness (QED) is 0.908. The first-order valence-corrected chi connectivity index (χ1v) is 5.59. The van der Waals surface area contributed by atoms with E-state index in [9.17, 15) is 4.79 Å². The maximum atomic E-state index is 11.0. The molecule has 0 aliphatic heterocycles. The molecule has 4 heteroatoms. The van der Waals surface area contributed by atoms with Gasteiger partial charge in [-0.1, -0.05) is 23.7 Å². The van der Waals surface area contributed by atoms with Gasteiger partial charge in [0, 0.05) is 17.3 Å². The second kappa shape index (κ2) is 4.63. The minimum Gasteiger partial charge on any atom is -0.477 e. The van der Waals surface area contributed by atoms with Gasteiger partial charge >= 0.3 is 5.97 Å². The molecule has 1 heterocycles. The van der Waals surface area contributed by atoms with E-state index in [4.69, 9.17) is 16.7 Å². The van der Waals surface area contributed by atoms with Crippen LogP contribution < -0.4 is 0 Å². The fourth-order valence-corrected chi connectivity index (χ4v) is 1.86. The third kappa shape index (κ3) is 2.50. The van der Waals surface area contributed by atoms with Crippen LogP contribution in [0.5, 0.6) is 0 Å². The monoisotopic (exact) mass is 249 g/mol. The average Bonchev–Trinajstić information content (AvgIpc) is 2.64. The predicted molar refractivity (Wildman–Crippen MR) is 66.7 cm³/mol. The lowest BCUT2D eigenvalue weighted by atomic mass is 10.2. The number of aromatic carboxylic acids is 1. The first-order chi connectivity index (χ1) is 8.08. The molecule has 0 fully saturated rings. The highest BCUT2D eigenvalue weighted by molar-refractivity contribution is 6.30. The molecule has 0 unspecified atom stereocenters. The van der Waals surface area contributed by atoms with Crippen LogP contribution in [-0.2, 0) is 6.54 Å². The Balaban J connectivity index is 2.32. The van der Waals surface area contributed by atoms with Crippen molar-refractivity contribution in [1.29, 1.82) is 0 Å². The molecule has 88 valence electrons. The minimum atomic E-state index is -0.910. The van der Waals surface area contributed by atoms with Crippen LogP contribution in [0.15, 0.2) is 36.4 Å². The van der Waals surface area contributed by atoms with E-state index in [1.807, 2.05) is 19.1 Å². The largest absolute Gasteiger partial charge is 0.477 e. The average molecular weight is 250 g/mol. The lowest BCUT2D eigenvalue weighted by Crippen LogP contribution is -2.10. The number of benzene rings is 1. The second-order valence-corrected chi connectivity index (χ2v) is 4.31. The number of hydrogen-bond donors (Lipinski definition) is 1. The lowest BCUT2D eigenvalue weighted by molar-refractivity contribution is 0.0685. The van der Waals surface area contributed by atoms with Gasteiger partial charge in [-0.25, -0.2) is 4.79 Å². The molecule has 0 bridgehead atoms. The predicted octanol–water partition coefficient (Wildman–Crippen LogP) is 3.20. The van der Waals surface area contributed by atoms with Gasteiger partial charge in [0.05, 0.1) is 0 Å². The first-order valence-electron chi connectivity index (χ1n) is 5.22. The smallest absolute Gasteiger partial charge is 0.352 e. The van der Waals surface area contributed by atoms with E-state index in [0.29, 0.717) is 17.3 Å². The molecule has 0 aliphatic carbocycles. The molecule has 0 saturated carbocycles. The number of carboxylic acid groups (broad SMARTS) is 1. The maximum absolute atomic E-state index is 11.0. The summed E-state index contributed by atoms with van der Waals surface area (Å²) in [6.45, 7) is 2.43. The number of aryl methyl sites for hydroxylation is 1. The van der Waals surface area contributed by atoms with Crippen LogP contribution in [0.2, 0.25) is 5.02 Å². The zero-order valence-corrected chi connectivity index (χ0v) is 10.1. The molecule has 1 aromatic carbocycles. The molecule has 0 radical (unpaired) electrons. The summed E-state index contributed by atoms with van der Waals surface area (Å²) in [5.41, 5.74) is 2.26. The molecular weight excluding hydrogens is 238 g/mol. The van der Waals surface area contributed by atoms with Crippen molar-refractivity contribution in [3.05, 3.63) is 58.4 Å². The standard InChI is InChI=1S/C13H12ClNO2/c1-9-2-7-12(13(16)17)15(9)8-10-3-5-11(14)6-4-10/h2-7H,8H2,1H3,(H,16,17). The zero-order valence-electron chi connectivity index (χ0n) is 9.35. The van der Waals surface area contributed by atoms with E-state index in [1.54, 1.807) is 28.8 Å². The van der Waals surface area contributed by atoms with Crippen molar-refractivity contribution in [2.75, 3.05) is 0 Å². The Bertz CT molecular complexity index is 543. The molecule has 17 heavy (non-hydrogen) atoms. The van der Waals surface area contributed by atoms with Crippen LogP contribution in [0.4, 0.5) is 0 Å². The van der Waals surface area contributed by atoms with Gasteiger partial charge in [0.1, 0.15) is 5.69 Å². The molecule has 3 nitrogen and oxygen atoms in total. The van der Waals surface area contributed by atoms with Gasteiger partial charge in [0.15, 0.2) is 0 Å². The molecule has 2 rings (SSSR count). The Morgan fingerprint density at radius 1 is 1.24 bits per heavy atom. The number of nitrogens with zero attached hydrogens (tertiary/aromatic N) is 1. The van der Waals surface area contributed by atoms with Crippen molar-refractivity contribution in [3.8, 4) is 0 Å². The number of rotatable bonds is 3. The van der Waals surface area contributed by atoms with Crippen molar-refractivity contribution in [2.45, 2.75) is 13.5 Å². The third-order valence-electron chi connectivity index (χ3n) is 2.67. The van der Waals surface area contributed by atoms with Gasteiger partial charge in [-0.15, -0.1) is 0 Å². The van der Waals surface area contributed by atoms with E-state index in [1.165, 1.54) is 0 Å². The molecule has 0 spiro atoms. The summed E-state index contributed by atoms with van der Waals surface area (Å²) < 4.78 is 1.77. The fraction of sp³-hybridized carbons (Fsp3) is 0.154. The molecule has 2 aromatic rings. The Morgan fingerprint density at radius 3 is 2.47 bits per heavy atom. The SMILES string of the molecule is Cc1ccc(C(=O)O)n1Cc1ccc(Cl)cc1. The second-order valence-electron chi connectivity index (χ2n) is 3.88. The summed E-state index contributed by atoms with van der Waals surface area (Å²) in [7, 11) is 0. The van der Waals surface area contributed by atoms with Crippen LogP contribution in [0, 0.1) is 6.92 Å². The van der Waals surface area contributed by atoms with Gasteiger partial charge in [-0.05, 0) is 36.8 Å². The van der Waals surface area contributed by atoms with Crippen LogP contribution in [-0.4, -0.2) is 15.6 Å². The van der Waals surface area contributed by atoms with E-state index >= 15 is 0 Å². The van der Waals surface area contributed by atoms with Crippen molar-refractivity contribution in [1.82, 2.24) is 4.57 Å². The molecular formula is C13H12ClNO2. The molecule has 1 aromatic heterocycles. The molecule has 0 atom stereocenters. The Hall–Kier alpha value is -1.74. The summed E-state index contributed by atoms with van der Waals surface area (Å²) in [5.74, 6) is -0.910. The topological polar surface area (TPSA) is 42.2 Å². The Morgan fingerprint density at radius 2 is 1.88 bits per heavy atom. The Labute approximate surface area is 104 Å². The molecule has 0 aliphatic rings. The van der Waals surface area contributed by atoms with Crippen molar-refractivity contribution in [2.24, 2.45) is 0 Å². The van der Waals surface area contributed by atoms with E-state index < -0.39 is 5.97 Å².